The van der Waals surface area contributed by atoms with Crippen molar-refractivity contribution in [3.63, 3.8) is 0 Å². The third-order valence-electron chi connectivity index (χ3n) is 3.39. The van der Waals surface area contributed by atoms with Crippen molar-refractivity contribution in [1.82, 2.24) is 14.9 Å². The standard InChI is InChI=1S/C15H21N3O2/c1-15(2,7-8-19)10-16-14(20)9-18-11-17-12-5-3-4-6-13(12)18/h3-6,11,19H,7-10H2,1-2H3,(H,16,20). The zero-order valence-electron chi connectivity index (χ0n) is 12.0. The number of hydrogen-bond acceptors (Lipinski definition) is 3. The molecule has 2 rings (SSSR count). The molecule has 108 valence electrons. The minimum atomic E-state index is -0.0958. The molecule has 1 aromatic carbocycles. The second-order valence-electron chi connectivity index (χ2n) is 5.78. The fraction of sp³-hybridized carbons (Fsp3) is 0.467. The van der Waals surface area contributed by atoms with Crippen molar-refractivity contribution in [2.45, 2.75) is 26.8 Å². The van der Waals surface area contributed by atoms with Gasteiger partial charge in [0, 0.05) is 13.2 Å². The van der Waals surface area contributed by atoms with Crippen molar-refractivity contribution >= 4 is 16.9 Å². The first-order valence-corrected chi connectivity index (χ1v) is 6.79. The minimum Gasteiger partial charge on any atom is -0.396 e. The van der Waals surface area contributed by atoms with Gasteiger partial charge in [0.15, 0.2) is 0 Å². The highest BCUT2D eigenvalue weighted by Gasteiger charge is 2.18. The molecule has 1 heterocycles. The molecule has 0 aliphatic rings. The average molecular weight is 275 g/mol. The Morgan fingerprint density at radius 2 is 2.15 bits per heavy atom. The van der Waals surface area contributed by atoms with Crippen molar-refractivity contribution in [3.8, 4) is 0 Å². The molecule has 0 bridgehead atoms. The van der Waals surface area contributed by atoms with Gasteiger partial charge in [-0.1, -0.05) is 26.0 Å². The van der Waals surface area contributed by atoms with Crippen LogP contribution < -0.4 is 5.32 Å². The lowest BCUT2D eigenvalue weighted by atomic mass is 9.90. The molecule has 5 heteroatoms. The summed E-state index contributed by atoms with van der Waals surface area (Å²) in [4.78, 5) is 16.2. The first-order chi connectivity index (χ1) is 9.52. The molecule has 20 heavy (non-hydrogen) atoms. The molecule has 0 radical (unpaired) electrons. The average Bonchev–Trinajstić information content (AvgIpc) is 2.80. The second kappa shape index (κ2) is 6.05. The zero-order valence-corrected chi connectivity index (χ0v) is 12.0. The maximum atomic E-state index is 12.0. The van der Waals surface area contributed by atoms with Crippen LogP contribution in [0.1, 0.15) is 20.3 Å². The van der Waals surface area contributed by atoms with Crippen molar-refractivity contribution in [1.29, 1.82) is 0 Å². The number of nitrogens with zero attached hydrogens (tertiary/aromatic N) is 2. The fourth-order valence-electron chi connectivity index (χ4n) is 2.08. The van der Waals surface area contributed by atoms with E-state index in [1.807, 2.05) is 42.7 Å². The number of imidazole rings is 1. The Morgan fingerprint density at radius 3 is 2.90 bits per heavy atom. The number of hydrogen-bond donors (Lipinski definition) is 2. The van der Waals surface area contributed by atoms with Crippen LogP contribution in [0.4, 0.5) is 0 Å². The molecule has 0 saturated carbocycles. The van der Waals surface area contributed by atoms with Gasteiger partial charge in [-0.3, -0.25) is 4.79 Å². The SMILES string of the molecule is CC(C)(CCO)CNC(=O)Cn1cnc2ccccc21. The molecule has 0 atom stereocenters. The Morgan fingerprint density at radius 1 is 1.40 bits per heavy atom. The van der Waals surface area contributed by atoms with Crippen molar-refractivity contribution < 1.29 is 9.90 Å². The maximum absolute atomic E-state index is 12.0. The number of fused-ring (bicyclic) bond motifs is 1. The number of para-hydroxylation sites is 2. The van der Waals surface area contributed by atoms with Crippen LogP contribution in [0.3, 0.4) is 0 Å². The van der Waals surface area contributed by atoms with Crippen LogP contribution in [0.15, 0.2) is 30.6 Å². The number of rotatable bonds is 6. The monoisotopic (exact) mass is 275 g/mol. The number of aliphatic hydroxyl groups is 1. The minimum absolute atomic E-state index is 0.0424. The van der Waals surface area contributed by atoms with E-state index in [4.69, 9.17) is 5.11 Å². The Bertz CT molecular complexity index is 590. The molecule has 0 unspecified atom stereocenters. The van der Waals surface area contributed by atoms with Gasteiger partial charge in [0.05, 0.1) is 17.4 Å². The molecule has 0 aliphatic carbocycles. The number of carbonyl (C=O) groups excluding carboxylic acids is 1. The molecule has 2 aromatic rings. The molecular weight excluding hydrogens is 254 g/mol. The lowest BCUT2D eigenvalue weighted by molar-refractivity contribution is -0.122. The van der Waals surface area contributed by atoms with Crippen LogP contribution in [0.25, 0.3) is 11.0 Å². The Kier molecular flexibility index (Phi) is 4.39. The van der Waals surface area contributed by atoms with Crippen molar-refractivity contribution in [2.24, 2.45) is 5.41 Å². The molecule has 1 amide bonds. The molecule has 0 spiro atoms. The van der Waals surface area contributed by atoms with Gasteiger partial charge in [0.25, 0.3) is 0 Å². The predicted molar refractivity (Wildman–Crippen MR) is 78.2 cm³/mol. The molecule has 2 N–H and O–H groups in total. The van der Waals surface area contributed by atoms with Gasteiger partial charge in [-0.25, -0.2) is 4.98 Å². The summed E-state index contributed by atoms with van der Waals surface area (Å²) in [5.74, 6) is -0.0424. The number of amides is 1. The van der Waals surface area contributed by atoms with Crippen molar-refractivity contribution in [2.75, 3.05) is 13.2 Å². The molecule has 1 aromatic heterocycles. The Balaban J connectivity index is 1.95. The summed E-state index contributed by atoms with van der Waals surface area (Å²) in [5.41, 5.74) is 1.75. The smallest absolute Gasteiger partial charge is 0.240 e. The topological polar surface area (TPSA) is 67.2 Å². The van der Waals surface area contributed by atoms with E-state index in [1.165, 1.54) is 0 Å². The van der Waals surface area contributed by atoms with Crippen LogP contribution in [-0.4, -0.2) is 33.7 Å². The summed E-state index contributed by atoms with van der Waals surface area (Å²) in [5, 5.41) is 11.9. The van der Waals surface area contributed by atoms with E-state index >= 15 is 0 Å². The number of benzene rings is 1. The van der Waals surface area contributed by atoms with Crippen molar-refractivity contribution in [3.05, 3.63) is 30.6 Å². The lowest BCUT2D eigenvalue weighted by Crippen LogP contribution is -2.36. The Hall–Kier alpha value is -1.88. The highest BCUT2D eigenvalue weighted by atomic mass is 16.3. The summed E-state index contributed by atoms with van der Waals surface area (Å²) in [6.45, 7) is 5.00. The number of aliphatic hydroxyl groups excluding tert-OH is 1. The first-order valence-electron chi connectivity index (χ1n) is 6.79. The molecule has 5 nitrogen and oxygen atoms in total. The van der Waals surface area contributed by atoms with E-state index in [-0.39, 0.29) is 24.5 Å². The quantitative estimate of drug-likeness (QED) is 0.840. The number of aromatic nitrogens is 2. The van der Waals surface area contributed by atoms with Crippen LogP contribution in [0.5, 0.6) is 0 Å². The fourth-order valence-corrected chi connectivity index (χ4v) is 2.08. The number of nitrogens with one attached hydrogen (secondary N) is 1. The lowest BCUT2D eigenvalue weighted by Gasteiger charge is -2.23. The van der Waals surface area contributed by atoms with Crippen LogP contribution in [-0.2, 0) is 11.3 Å². The van der Waals surface area contributed by atoms with Crippen LogP contribution in [0, 0.1) is 5.41 Å². The third-order valence-corrected chi connectivity index (χ3v) is 3.39. The van der Waals surface area contributed by atoms with Gasteiger partial charge >= 0.3 is 0 Å². The van der Waals surface area contributed by atoms with Gasteiger partial charge < -0.3 is 15.0 Å². The second-order valence-corrected chi connectivity index (χ2v) is 5.78. The summed E-state index contributed by atoms with van der Waals surface area (Å²) in [7, 11) is 0. The predicted octanol–water partition coefficient (Wildman–Crippen LogP) is 1.56. The molecule has 0 aliphatic heterocycles. The van der Waals surface area contributed by atoms with E-state index in [1.54, 1.807) is 6.33 Å². The third kappa shape index (κ3) is 3.57. The summed E-state index contributed by atoms with van der Waals surface area (Å²) in [6, 6.07) is 7.74. The molecule has 0 fully saturated rings. The Labute approximate surface area is 118 Å². The van der Waals surface area contributed by atoms with Gasteiger partial charge in [0.2, 0.25) is 5.91 Å². The van der Waals surface area contributed by atoms with Gasteiger partial charge in [-0.2, -0.15) is 0 Å². The van der Waals surface area contributed by atoms with Gasteiger partial charge in [-0.05, 0) is 24.0 Å². The van der Waals surface area contributed by atoms with Crippen LogP contribution in [0.2, 0.25) is 0 Å². The number of carbonyl (C=O) groups is 1. The van der Waals surface area contributed by atoms with E-state index < -0.39 is 0 Å². The highest BCUT2D eigenvalue weighted by Crippen LogP contribution is 2.18. The maximum Gasteiger partial charge on any atom is 0.240 e. The van der Waals surface area contributed by atoms with Crippen LogP contribution >= 0.6 is 0 Å². The largest absolute Gasteiger partial charge is 0.396 e. The summed E-state index contributed by atoms with van der Waals surface area (Å²) in [6.07, 6.45) is 2.35. The summed E-state index contributed by atoms with van der Waals surface area (Å²) < 4.78 is 1.84. The molecular formula is C15H21N3O2. The van der Waals surface area contributed by atoms with E-state index in [0.29, 0.717) is 13.0 Å². The zero-order chi connectivity index (χ0) is 14.6. The normalized spacial score (nSPS) is 11.8. The van der Waals surface area contributed by atoms with E-state index in [9.17, 15) is 4.79 Å². The first kappa shape index (κ1) is 14.5. The molecule has 0 saturated heterocycles. The van der Waals surface area contributed by atoms with E-state index in [0.717, 1.165) is 11.0 Å². The van der Waals surface area contributed by atoms with E-state index in [2.05, 4.69) is 10.3 Å². The van der Waals surface area contributed by atoms with Gasteiger partial charge in [0.1, 0.15) is 6.54 Å². The highest BCUT2D eigenvalue weighted by molar-refractivity contribution is 5.80. The summed E-state index contributed by atoms with van der Waals surface area (Å²) >= 11 is 0. The van der Waals surface area contributed by atoms with Gasteiger partial charge in [-0.15, -0.1) is 0 Å².